The van der Waals surface area contributed by atoms with Crippen LogP contribution in [0.25, 0.3) is 44.7 Å². The molecule has 1 aliphatic rings. The van der Waals surface area contributed by atoms with Crippen LogP contribution in [0.3, 0.4) is 0 Å². The summed E-state index contributed by atoms with van der Waals surface area (Å²) in [6.45, 7) is 12.0. The second-order valence-corrected chi connectivity index (χ2v) is 9.60. The quantitative estimate of drug-likeness (QED) is 0.204. The van der Waals surface area contributed by atoms with Crippen molar-refractivity contribution in [2.45, 2.75) is 19.3 Å². The molecule has 2 heteroatoms. The molecule has 0 spiro atoms. The van der Waals surface area contributed by atoms with E-state index in [1.54, 1.807) is 6.08 Å². The van der Waals surface area contributed by atoms with Crippen LogP contribution >= 0.6 is 0 Å². The normalized spacial score (nSPS) is 12.2. The lowest BCUT2D eigenvalue weighted by molar-refractivity contribution is 1.14. The van der Waals surface area contributed by atoms with Gasteiger partial charge in [-0.2, -0.15) is 0 Å². The molecule has 2 nitrogen and oxygen atoms in total. The number of hydrogen-bond acceptors (Lipinski definition) is 1. The summed E-state index contributed by atoms with van der Waals surface area (Å²) >= 11 is 0. The smallest absolute Gasteiger partial charge is 0.0541 e. The van der Waals surface area contributed by atoms with Gasteiger partial charge in [-0.1, -0.05) is 106 Å². The average Bonchev–Trinajstić information content (AvgIpc) is 3.83. The summed E-state index contributed by atoms with van der Waals surface area (Å²) in [4.78, 5) is 2.07. The minimum Gasteiger partial charge on any atom is -0.345 e. The van der Waals surface area contributed by atoms with Gasteiger partial charge in [0.15, 0.2) is 0 Å². The van der Waals surface area contributed by atoms with Crippen molar-refractivity contribution in [2.24, 2.45) is 0 Å². The van der Waals surface area contributed by atoms with Gasteiger partial charge >= 0.3 is 0 Å². The van der Waals surface area contributed by atoms with Crippen molar-refractivity contribution >= 4 is 33.6 Å². The Morgan fingerprint density at radius 3 is 2.13 bits per heavy atom. The van der Waals surface area contributed by atoms with E-state index in [0.717, 1.165) is 22.5 Å². The highest BCUT2D eigenvalue weighted by Crippen LogP contribution is 2.36. The molecule has 0 radical (unpaired) electrons. The Hall–Kier alpha value is -4.56. The number of hydrogen-bond donors (Lipinski definition) is 0. The van der Waals surface area contributed by atoms with Gasteiger partial charge in [-0.25, -0.2) is 0 Å². The van der Waals surface area contributed by atoms with Crippen molar-refractivity contribution in [2.75, 3.05) is 11.9 Å². The number of nitrogens with zero attached hydrogens (tertiary/aromatic N) is 2. The van der Waals surface area contributed by atoms with Crippen LogP contribution in [-0.2, 0) is 0 Å². The van der Waals surface area contributed by atoms with Crippen LogP contribution in [-0.4, -0.2) is 11.6 Å². The SMILES string of the molecule is C1CC1.C=C/C=C\C(=C)N(C)c1ccc(-c2ccc3c(c2)c2ccccc2n3-c2ccccc2)cc1C=C. The summed E-state index contributed by atoms with van der Waals surface area (Å²) in [5, 5.41) is 2.49. The maximum atomic E-state index is 4.17. The van der Waals surface area contributed by atoms with Crippen molar-refractivity contribution in [3.8, 4) is 16.8 Å². The molecule has 0 unspecified atom stereocenters. The molecule has 1 saturated carbocycles. The fourth-order valence-corrected chi connectivity index (χ4v) is 4.66. The summed E-state index contributed by atoms with van der Waals surface area (Å²) in [7, 11) is 2.02. The van der Waals surface area contributed by atoms with Crippen LogP contribution in [0.4, 0.5) is 5.69 Å². The largest absolute Gasteiger partial charge is 0.345 e. The van der Waals surface area contributed by atoms with E-state index in [0.29, 0.717) is 0 Å². The molecule has 4 aromatic carbocycles. The van der Waals surface area contributed by atoms with Crippen LogP contribution in [0.5, 0.6) is 0 Å². The number of anilines is 1. The molecule has 0 N–H and O–H groups in total. The summed E-state index contributed by atoms with van der Waals surface area (Å²) in [5.41, 5.74) is 8.91. The Kier molecular flexibility index (Phi) is 7.42. The lowest BCUT2D eigenvalue weighted by Crippen LogP contribution is -2.15. The average molecular weight is 495 g/mol. The van der Waals surface area contributed by atoms with Gasteiger partial charge < -0.3 is 9.47 Å². The summed E-state index contributed by atoms with van der Waals surface area (Å²) < 4.78 is 2.34. The number of likely N-dealkylation sites (N-methyl/N-ethyl adjacent to an activating group) is 1. The van der Waals surface area contributed by atoms with Crippen molar-refractivity contribution in [1.29, 1.82) is 0 Å². The molecule has 5 aromatic rings. The monoisotopic (exact) mass is 494 g/mol. The lowest BCUT2D eigenvalue weighted by Gasteiger charge is -2.22. The topological polar surface area (TPSA) is 8.17 Å². The molecule has 0 amide bonds. The van der Waals surface area contributed by atoms with Gasteiger partial charge in [-0.15, -0.1) is 0 Å². The first-order valence-corrected chi connectivity index (χ1v) is 13.2. The molecule has 6 rings (SSSR count). The third-order valence-corrected chi connectivity index (χ3v) is 6.84. The molecule has 0 bridgehead atoms. The summed E-state index contributed by atoms with van der Waals surface area (Å²) in [6, 6.07) is 32.4. The number of rotatable bonds is 7. The van der Waals surface area contributed by atoms with Crippen molar-refractivity contribution in [3.05, 3.63) is 140 Å². The Morgan fingerprint density at radius 1 is 0.763 bits per heavy atom. The Bertz CT molecular complexity index is 1640. The van der Waals surface area contributed by atoms with E-state index in [-0.39, 0.29) is 0 Å². The van der Waals surface area contributed by atoms with Gasteiger partial charge in [0, 0.05) is 34.9 Å². The predicted octanol–water partition coefficient (Wildman–Crippen LogP) is 9.96. The highest BCUT2D eigenvalue weighted by molar-refractivity contribution is 6.10. The van der Waals surface area contributed by atoms with Gasteiger partial charge in [-0.05, 0) is 65.2 Å². The lowest BCUT2D eigenvalue weighted by atomic mass is 9.99. The molecular formula is C36H34N2. The molecule has 1 aliphatic carbocycles. The van der Waals surface area contributed by atoms with Crippen molar-refractivity contribution in [3.63, 3.8) is 0 Å². The van der Waals surface area contributed by atoms with Crippen LogP contribution in [0.1, 0.15) is 24.8 Å². The molecule has 1 fully saturated rings. The van der Waals surface area contributed by atoms with E-state index < -0.39 is 0 Å². The maximum Gasteiger partial charge on any atom is 0.0541 e. The maximum absolute atomic E-state index is 4.17. The van der Waals surface area contributed by atoms with E-state index in [9.17, 15) is 0 Å². The van der Waals surface area contributed by atoms with E-state index in [1.165, 1.54) is 52.3 Å². The first-order valence-electron chi connectivity index (χ1n) is 13.2. The van der Waals surface area contributed by atoms with E-state index in [1.807, 2.05) is 25.3 Å². The highest BCUT2D eigenvalue weighted by atomic mass is 15.1. The molecule has 1 aromatic heterocycles. The van der Waals surface area contributed by atoms with Gasteiger partial charge in [0.1, 0.15) is 0 Å². The van der Waals surface area contributed by atoms with Crippen LogP contribution in [0.2, 0.25) is 0 Å². The zero-order chi connectivity index (χ0) is 26.5. The zero-order valence-electron chi connectivity index (χ0n) is 22.1. The van der Waals surface area contributed by atoms with Gasteiger partial charge in [-0.3, -0.25) is 0 Å². The van der Waals surface area contributed by atoms with Crippen LogP contribution < -0.4 is 4.90 Å². The molecular weight excluding hydrogens is 460 g/mol. The highest BCUT2D eigenvalue weighted by Gasteiger charge is 2.14. The molecule has 38 heavy (non-hydrogen) atoms. The summed E-state index contributed by atoms with van der Waals surface area (Å²) in [5.74, 6) is 0. The minimum atomic E-state index is 0.885. The third kappa shape index (κ3) is 5.12. The Balaban J connectivity index is 0.000000916. The van der Waals surface area contributed by atoms with Gasteiger partial charge in [0.2, 0.25) is 0 Å². The van der Waals surface area contributed by atoms with Gasteiger partial charge in [0.25, 0.3) is 0 Å². The van der Waals surface area contributed by atoms with E-state index >= 15 is 0 Å². The summed E-state index contributed by atoms with van der Waals surface area (Å²) in [6.07, 6.45) is 12.0. The van der Waals surface area contributed by atoms with Gasteiger partial charge in [0.05, 0.1) is 11.0 Å². The number of aromatic nitrogens is 1. The van der Waals surface area contributed by atoms with Crippen molar-refractivity contribution in [1.82, 2.24) is 4.57 Å². The van der Waals surface area contributed by atoms with Crippen LogP contribution in [0.15, 0.2) is 135 Å². The Morgan fingerprint density at radius 2 is 1.42 bits per heavy atom. The van der Waals surface area contributed by atoms with E-state index in [4.69, 9.17) is 0 Å². The minimum absolute atomic E-state index is 0.885. The fraction of sp³-hybridized carbons (Fsp3) is 0.111. The number of para-hydroxylation sites is 2. The van der Waals surface area contributed by atoms with Crippen LogP contribution in [0, 0.1) is 0 Å². The molecule has 188 valence electrons. The Labute approximate surface area is 226 Å². The van der Waals surface area contributed by atoms with Crippen molar-refractivity contribution < 1.29 is 0 Å². The second-order valence-electron chi connectivity index (χ2n) is 9.60. The number of benzene rings is 4. The third-order valence-electron chi connectivity index (χ3n) is 6.84. The zero-order valence-corrected chi connectivity index (χ0v) is 22.1. The standard InChI is InChI=1S/C33H28N2.C3H6/c1-5-7-13-24(3)34(4)31-20-18-26(22-25(31)6-2)27-19-21-33-30(23-27)29-16-11-12-17-32(29)35(33)28-14-9-8-10-15-28;1-2-3-1/h5-23H,1-3H2,4H3;1-3H2/b13-7-;. The molecule has 0 atom stereocenters. The number of allylic oxidation sites excluding steroid dienone is 3. The molecule has 0 saturated heterocycles. The first-order chi connectivity index (χ1) is 18.6. The number of fused-ring (bicyclic) bond motifs is 3. The predicted molar refractivity (Wildman–Crippen MR) is 167 cm³/mol. The van der Waals surface area contributed by atoms with E-state index in [2.05, 4.69) is 120 Å². The second kappa shape index (κ2) is 11.2. The molecule has 1 heterocycles. The fourth-order valence-electron chi connectivity index (χ4n) is 4.66. The first kappa shape index (κ1) is 25.1. The molecule has 0 aliphatic heterocycles.